The minimum absolute atomic E-state index is 0.272. The fraction of sp³-hybridized carbons (Fsp3) is 0.400. The first-order valence-electron chi connectivity index (χ1n) is 11.0. The molecule has 0 bridgehead atoms. The van der Waals surface area contributed by atoms with Crippen LogP contribution in [0.2, 0.25) is 0 Å². The Kier molecular flexibility index (Phi) is 7.77. The number of amides is 1. The number of carbonyl (C=O) groups is 1. The van der Waals surface area contributed by atoms with E-state index in [4.69, 9.17) is 4.74 Å². The Morgan fingerprint density at radius 1 is 1.00 bits per heavy atom. The molecular formula is C25H33N3O2. The van der Waals surface area contributed by atoms with Gasteiger partial charge in [0, 0.05) is 55.4 Å². The monoisotopic (exact) mass is 407 g/mol. The summed E-state index contributed by atoms with van der Waals surface area (Å²) in [6.45, 7) is 7.33. The van der Waals surface area contributed by atoms with Crippen LogP contribution in [-0.4, -0.2) is 49.1 Å². The summed E-state index contributed by atoms with van der Waals surface area (Å²) in [7, 11) is 1.68. The van der Waals surface area contributed by atoms with E-state index in [0.717, 1.165) is 44.8 Å². The topological polar surface area (TPSA) is 48.6 Å². The number of nitrogens with one attached hydrogen (secondary N) is 1. The lowest BCUT2D eigenvalue weighted by Crippen LogP contribution is -2.48. The van der Waals surface area contributed by atoms with Crippen molar-refractivity contribution < 1.29 is 9.53 Å². The van der Waals surface area contributed by atoms with Crippen molar-refractivity contribution >= 4 is 22.5 Å². The summed E-state index contributed by atoms with van der Waals surface area (Å²) in [4.78, 5) is 20.2. The molecule has 1 N–H and O–H groups in total. The maximum absolute atomic E-state index is 12.6. The predicted molar refractivity (Wildman–Crippen MR) is 124 cm³/mol. The van der Waals surface area contributed by atoms with Gasteiger partial charge in [0.05, 0.1) is 7.11 Å². The molecule has 0 aliphatic carbocycles. The Morgan fingerprint density at radius 2 is 1.70 bits per heavy atom. The number of nitrogens with zero attached hydrogens (tertiary/aromatic N) is 2. The van der Waals surface area contributed by atoms with Crippen molar-refractivity contribution in [3.63, 3.8) is 0 Å². The summed E-state index contributed by atoms with van der Waals surface area (Å²) in [5, 5.41) is 1.27. The van der Waals surface area contributed by atoms with Crippen molar-refractivity contribution in [2.24, 2.45) is 0 Å². The molecule has 2 heterocycles. The highest BCUT2D eigenvalue weighted by Crippen LogP contribution is 2.22. The van der Waals surface area contributed by atoms with Crippen LogP contribution in [0.1, 0.15) is 32.3 Å². The molecule has 3 aromatic rings. The Labute approximate surface area is 179 Å². The fourth-order valence-electron chi connectivity index (χ4n) is 3.93. The molecule has 160 valence electrons. The summed E-state index contributed by atoms with van der Waals surface area (Å²) in [6, 6.07) is 16.5. The van der Waals surface area contributed by atoms with Crippen molar-refractivity contribution in [3.05, 3.63) is 60.3 Å². The number of piperazine rings is 1. The largest absolute Gasteiger partial charge is 0.497 e. The van der Waals surface area contributed by atoms with Gasteiger partial charge in [0.2, 0.25) is 5.91 Å². The van der Waals surface area contributed by atoms with Gasteiger partial charge in [0.25, 0.3) is 0 Å². The number of rotatable bonds is 6. The Morgan fingerprint density at radius 3 is 2.40 bits per heavy atom. The Balaban J connectivity index is 0.00000124. The smallest absolute Gasteiger partial charge is 0.222 e. The highest BCUT2D eigenvalue weighted by Gasteiger charge is 2.21. The summed E-state index contributed by atoms with van der Waals surface area (Å²) < 4.78 is 5.22. The van der Waals surface area contributed by atoms with Gasteiger partial charge in [-0.3, -0.25) is 4.79 Å². The molecule has 30 heavy (non-hydrogen) atoms. The van der Waals surface area contributed by atoms with Crippen LogP contribution in [0.15, 0.2) is 54.7 Å². The Bertz CT molecular complexity index is 925. The van der Waals surface area contributed by atoms with E-state index >= 15 is 0 Å². The van der Waals surface area contributed by atoms with E-state index in [9.17, 15) is 4.79 Å². The second kappa shape index (κ2) is 10.7. The first-order chi connectivity index (χ1) is 14.7. The third-order valence-electron chi connectivity index (χ3n) is 5.58. The highest BCUT2D eigenvalue weighted by atomic mass is 16.5. The zero-order valence-electron chi connectivity index (χ0n) is 18.4. The minimum Gasteiger partial charge on any atom is -0.497 e. The van der Waals surface area contributed by atoms with Gasteiger partial charge < -0.3 is 19.5 Å². The van der Waals surface area contributed by atoms with Crippen molar-refractivity contribution in [2.45, 2.75) is 33.1 Å². The van der Waals surface area contributed by atoms with E-state index in [1.54, 1.807) is 7.11 Å². The average Bonchev–Trinajstić information content (AvgIpc) is 3.24. The van der Waals surface area contributed by atoms with Crippen LogP contribution >= 0.6 is 0 Å². The van der Waals surface area contributed by atoms with Crippen LogP contribution < -0.4 is 9.64 Å². The number of hydrogen-bond donors (Lipinski definition) is 1. The molecule has 1 amide bonds. The SMILES string of the molecule is CC.COc1ccc(N2CCN(C(=O)CCCc3c[nH]c4ccccc34)CC2)cc1. The maximum atomic E-state index is 12.6. The van der Waals surface area contributed by atoms with Crippen LogP contribution in [0.5, 0.6) is 5.75 Å². The van der Waals surface area contributed by atoms with Crippen molar-refractivity contribution in [3.8, 4) is 5.75 Å². The number of fused-ring (bicyclic) bond motifs is 1. The second-order valence-electron chi connectivity index (χ2n) is 7.28. The van der Waals surface area contributed by atoms with Gasteiger partial charge >= 0.3 is 0 Å². The maximum Gasteiger partial charge on any atom is 0.222 e. The molecule has 0 spiro atoms. The van der Waals surface area contributed by atoms with Gasteiger partial charge in [0.15, 0.2) is 0 Å². The molecule has 2 aromatic carbocycles. The number of hydrogen-bond acceptors (Lipinski definition) is 3. The molecule has 1 saturated heterocycles. The molecule has 5 heteroatoms. The number of aryl methyl sites for hydroxylation is 1. The van der Waals surface area contributed by atoms with Gasteiger partial charge in [-0.15, -0.1) is 0 Å². The van der Waals surface area contributed by atoms with Gasteiger partial charge in [-0.2, -0.15) is 0 Å². The number of aromatic nitrogens is 1. The number of carbonyl (C=O) groups excluding carboxylic acids is 1. The van der Waals surface area contributed by atoms with E-state index in [1.165, 1.54) is 22.2 Å². The lowest BCUT2D eigenvalue weighted by atomic mass is 10.1. The summed E-state index contributed by atoms with van der Waals surface area (Å²) in [6.07, 6.45) is 4.51. The zero-order valence-corrected chi connectivity index (χ0v) is 18.4. The predicted octanol–water partition coefficient (Wildman–Crippen LogP) is 4.87. The zero-order chi connectivity index (χ0) is 21.3. The third kappa shape index (κ3) is 5.15. The van der Waals surface area contributed by atoms with E-state index in [1.807, 2.05) is 36.9 Å². The molecular weight excluding hydrogens is 374 g/mol. The van der Waals surface area contributed by atoms with E-state index < -0.39 is 0 Å². The number of para-hydroxylation sites is 1. The lowest BCUT2D eigenvalue weighted by Gasteiger charge is -2.36. The van der Waals surface area contributed by atoms with Gasteiger partial charge in [-0.05, 0) is 48.7 Å². The van der Waals surface area contributed by atoms with Crippen LogP contribution in [0, 0.1) is 0 Å². The second-order valence-corrected chi connectivity index (χ2v) is 7.28. The van der Waals surface area contributed by atoms with Gasteiger partial charge in [-0.1, -0.05) is 32.0 Å². The normalized spacial score (nSPS) is 13.7. The van der Waals surface area contributed by atoms with Crippen LogP contribution in [0.4, 0.5) is 5.69 Å². The number of ether oxygens (including phenoxy) is 1. The van der Waals surface area contributed by atoms with E-state index in [0.29, 0.717) is 6.42 Å². The first kappa shape index (κ1) is 21.8. The molecule has 1 aromatic heterocycles. The first-order valence-corrected chi connectivity index (χ1v) is 11.0. The average molecular weight is 408 g/mol. The van der Waals surface area contributed by atoms with E-state index in [-0.39, 0.29) is 5.91 Å². The van der Waals surface area contributed by atoms with Crippen molar-refractivity contribution in [2.75, 3.05) is 38.2 Å². The van der Waals surface area contributed by atoms with E-state index in [2.05, 4.69) is 46.4 Å². The van der Waals surface area contributed by atoms with Crippen LogP contribution in [0.3, 0.4) is 0 Å². The van der Waals surface area contributed by atoms with Crippen molar-refractivity contribution in [1.82, 2.24) is 9.88 Å². The molecule has 0 radical (unpaired) electrons. The number of methoxy groups -OCH3 is 1. The number of anilines is 1. The summed E-state index contributed by atoms with van der Waals surface area (Å²) >= 11 is 0. The summed E-state index contributed by atoms with van der Waals surface area (Å²) in [5.41, 5.74) is 3.65. The standard InChI is InChI=1S/C23H27N3O2.C2H6/c1-28-20-11-9-19(10-12-20)25-13-15-26(16-14-25)23(27)8-4-5-18-17-24-22-7-3-2-6-21(18)22;1-2/h2-3,6-7,9-12,17,24H,4-5,8,13-16H2,1H3;1-2H3. The number of H-pyrrole nitrogens is 1. The number of aromatic amines is 1. The summed E-state index contributed by atoms with van der Waals surface area (Å²) in [5.74, 6) is 1.14. The van der Waals surface area contributed by atoms with Crippen molar-refractivity contribution in [1.29, 1.82) is 0 Å². The quantitative estimate of drug-likeness (QED) is 0.634. The molecule has 1 aliphatic heterocycles. The Hall–Kier alpha value is -2.95. The van der Waals surface area contributed by atoms with Gasteiger partial charge in [-0.25, -0.2) is 0 Å². The van der Waals surface area contributed by atoms with Gasteiger partial charge in [0.1, 0.15) is 5.75 Å². The molecule has 1 fully saturated rings. The van der Waals surface area contributed by atoms with Crippen LogP contribution in [0.25, 0.3) is 10.9 Å². The number of benzene rings is 2. The molecule has 0 saturated carbocycles. The molecule has 4 rings (SSSR count). The lowest BCUT2D eigenvalue weighted by molar-refractivity contribution is -0.131. The molecule has 0 unspecified atom stereocenters. The molecule has 1 aliphatic rings. The third-order valence-corrected chi connectivity index (χ3v) is 5.58. The molecule has 0 atom stereocenters. The fourth-order valence-corrected chi connectivity index (χ4v) is 3.93. The molecule has 5 nitrogen and oxygen atoms in total. The van der Waals surface area contributed by atoms with Crippen LogP contribution in [-0.2, 0) is 11.2 Å². The minimum atomic E-state index is 0.272. The highest BCUT2D eigenvalue weighted by molar-refractivity contribution is 5.83.